The lowest BCUT2D eigenvalue weighted by Gasteiger charge is -2.19. The van der Waals surface area contributed by atoms with Crippen molar-refractivity contribution in [1.29, 1.82) is 0 Å². The molecule has 0 unspecified atom stereocenters. The number of aliphatic hydroxyl groups is 1. The van der Waals surface area contributed by atoms with E-state index in [1.807, 2.05) is 29.2 Å². The first kappa shape index (κ1) is 16.0. The highest BCUT2D eigenvalue weighted by Crippen LogP contribution is 2.31. The molecular formula is C17H20ClN3O2. The van der Waals surface area contributed by atoms with Gasteiger partial charge in [-0.25, -0.2) is 4.98 Å². The number of halogens is 1. The van der Waals surface area contributed by atoms with Crippen molar-refractivity contribution in [3.63, 3.8) is 0 Å². The second kappa shape index (κ2) is 6.34. The van der Waals surface area contributed by atoms with Crippen molar-refractivity contribution in [3.8, 4) is 0 Å². The molecule has 23 heavy (non-hydrogen) atoms. The van der Waals surface area contributed by atoms with Gasteiger partial charge in [0.15, 0.2) is 0 Å². The number of fused-ring (bicyclic) bond motifs is 1. The van der Waals surface area contributed by atoms with Crippen molar-refractivity contribution in [2.45, 2.75) is 12.5 Å². The normalized spacial score (nSPS) is 21.0. The van der Waals surface area contributed by atoms with Crippen molar-refractivity contribution in [3.05, 3.63) is 35.5 Å². The van der Waals surface area contributed by atoms with E-state index in [-0.39, 0.29) is 11.8 Å². The Hall–Kier alpha value is -1.85. The van der Waals surface area contributed by atoms with Crippen LogP contribution in [0.15, 0.2) is 30.5 Å². The third kappa shape index (κ3) is 3.26. The van der Waals surface area contributed by atoms with Gasteiger partial charge in [-0.15, -0.1) is 0 Å². The van der Waals surface area contributed by atoms with Gasteiger partial charge in [-0.1, -0.05) is 17.7 Å². The molecular weight excluding hydrogens is 314 g/mol. The summed E-state index contributed by atoms with van der Waals surface area (Å²) >= 11 is 6.11. The summed E-state index contributed by atoms with van der Waals surface area (Å²) in [7, 11) is 3.46. The Balaban J connectivity index is 1.86. The summed E-state index contributed by atoms with van der Waals surface area (Å²) in [6.45, 7) is 1.09. The molecule has 122 valence electrons. The molecule has 6 heteroatoms. The molecule has 2 heterocycles. The highest BCUT2D eigenvalue weighted by Gasteiger charge is 2.34. The Morgan fingerprint density at radius 3 is 2.91 bits per heavy atom. The van der Waals surface area contributed by atoms with E-state index in [2.05, 4.69) is 4.98 Å². The molecule has 0 radical (unpaired) electrons. The van der Waals surface area contributed by atoms with Crippen LogP contribution in [-0.4, -0.2) is 54.2 Å². The molecule has 2 atom stereocenters. The van der Waals surface area contributed by atoms with Crippen LogP contribution in [0.4, 0.5) is 5.82 Å². The summed E-state index contributed by atoms with van der Waals surface area (Å²) in [6, 6.07) is 7.64. The summed E-state index contributed by atoms with van der Waals surface area (Å²) in [5, 5.41) is 13.0. The maximum atomic E-state index is 11.9. The predicted molar refractivity (Wildman–Crippen MR) is 91.8 cm³/mol. The Morgan fingerprint density at radius 1 is 1.39 bits per heavy atom. The zero-order valence-electron chi connectivity index (χ0n) is 13.2. The van der Waals surface area contributed by atoms with Gasteiger partial charge >= 0.3 is 0 Å². The molecule has 1 aliphatic heterocycles. The van der Waals surface area contributed by atoms with Crippen LogP contribution in [0.2, 0.25) is 5.02 Å². The summed E-state index contributed by atoms with van der Waals surface area (Å²) in [5.74, 6) is 0.759. The minimum absolute atomic E-state index is 0.0322. The monoisotopic (exact) mass is 333 g/mol. The minimum Gasteiger partial charge on any atom is -0.391 e. The van der Waals surface area contributed by atoms with E-state index in [0.717, 1.165) is 16.6 Å². The largest absolute Gasteiger partial charge is 0.391 e. The van der Waals surface area contributed by atoms with Crippen LogP contribution in [0.25, 0.3) is 10.8 Å². The van der Waals surface area contributed by atoms with Crippen LogP contribution in [-0.2, 0) is 4.79 Å². The molecule has 1 N–H and O–H groups in total. The van der Waals surface area contributed by atoms with Crippen molar-refractivity contribution < 1.29 is 9.90 Å². The lowest BCUT2D eigenvalue weighted by molar-refractivity contribution is -0.130. The van der Waals surface area contributed by atoms with Gasteiger partial charge in [0, 0.05) is 56.1 Å². The Bertz CT molecular complexity index is 735. The molecule has 3 rings (SSSR count). The Labute approximate surface area is 140 Å². The molecule has 2 aromatic rings. The number of β-amino-alcohol motifs (C(OH)–C–C–N with tert-alkyl or cyclic N) is 1. The van der Waals surface area contributed by atoms with Crippen molar-refractivity contribution in [2.75, 3.05) is 32.1 Å². The molecule has 5 nitrogen and oxygen atoms in total. The fraction of sp³-hybridized carbons (Fsp3) is 0.412. The summed E-state index contributed by atoms with van der Waals surface area (Å²) in [5.41, 5.74) is 0. The maximum absolute atomic E-state index is 11.9. The average molecular weight is 334 g/mol. The standard InChI is InChI=1S/C17H20ClN3O2/c1-20(2)16(23)7-12-9-21(10-15(12)22)17-14-8-13(18)4-3-11(14)5-6-19-17/h3-6,8,12,15,22H,7,9-10H2,1-2H3/t12-,15-/m1/s1. The molecule has 1 amide bonds. The van der Waals surface area contributed by atoms with Crippen molar-refractivity contribution >= 4 is 34.1 Å². The smallest absolute Gasteiger partial charge is 0.222 e. The second-order valence-electron chi connectivity index (χ2n) is 6.22. The number of amides is 1. The Morgan fingerprint density at radius 2 is 2.17 bits per heavy atom. The maximum Gasteiger partial charge on any atom is 0.222 e. The van der Waals surface area contributed by atoms with Gasteiger partial charge in [0.25, 0.3) is 0 Å². The fourth-order valence-corrected chi connectivity index (χ4v) is 3.18. The number of carbonyl (C=O) groups is 1. The molecule has 0 saturated carbocycles. The molecule has 1 fully saturated rings. The SMILES string of the molecule is CN(C)C(=O)C[C@@H]1CN(c2nccc3ccc(Cl)cc23)C[C@H]1O. The average Bonchev–Trinajstić information content (AvgIpc) is 2.87. The second-order valence-corrected chi connectivity index (χ2v) is 6.66. The molecule has 0 aliphatic carbocycles. The number of carbonyl (C=O) groups excluding carboxylic acids is 1. The highest BCUT2D eigenvalue weighted by atomic mass is 35.5. The molecule has 1 aromatic carbocycles. The predicted octanol–water partition coefficient (Wildman–Crippen LogP) is 2.16. The van der Waals surface area contributed by atoms with Crippen LogP contribution in [0, 0.1) is 5.92 Å². The van der Waals surface area contributed by atoms with E-state index in [0.29, 0.717) is 24.5 Å². The van der Waals surface area contributed by atoms with E-state index in [1.165, 1.54) is 0 Å². The van der Waals surface area contributed by atoms with Crippen LogP contribution in [0.5, 0.6) is 0 Å². The van der Waals surface area contributed by atoms with Crippen LogP contribution in [0.3, 0.4) is 0 Å². The number of aromatic nitrogens is 1. The zero-order chi connectivity index (χ0) is 16.6. The summed E-state index contributed by atoms with van der Waals surface area (Å²) < 4.78 is 0. The molecule has 0 spiro atoms. The van der Waals surface area contributed by atoms with Gasteiger partial charge in [-0.3, -0.25) is 4.79 Å². The number of nitrogens with zero attached hydrogens (tertiary/aromatic N) is 3. The van der Waals surface area contributed by atoms with Gasteiger partial charge in [-0.05, 0) is 23.6 Å². The van der Waals surface area contributed by atoms with Crippen LogP contribution in [0.1, 0.15) is 6.42 Å². The van der Waals surface area contributed by atoms with Crippen molar-refractivity contribution in [2.24, 2.45) is 5.92 Å². The van der Waals surface area contributed by atoms with Crippen LogP contribution >= 0.6 is 11.6 Å². The highest BCUT2D eigenvalue weighted by molar-refractivity contribution is 6.31. The fourth-order valence-electron chi connectivity index (χ4n) is 3.01. The van der Waals surface area contributed by atoms with Gasteiger partial charge in [0.2, 0.25) is 5.91 Å². The minimum atomic E-state index is -0.532. The lowest BCUT2D eigenvalue weighted by atomic mass is 10.0. The van der Waals surface area contributed by atoms with E-state index in [1.54, 1.807) is 25.2 Å². The summed E-state index contributed by atoms with van der Waals surface area (Å²) in [6.07, 6.45) is 1.57. The van der Waals surface area contributed by atoms with E-state index >= 15 is 0 Å². The zero-order valence-corrected chi connectivity index (χ0v) is 14.0. The van der Waals surface area contributed by atoms with Gasteiger partial charge in [0.05, 0.1) is 6.10 Å². The first-order valence-electron chi connectivity index (χ1n) is 7.63. The number of hydrogen-bond acceptors (Lipinski definition) is 4. The van der Waals surface area contributed by atoms with E-state index in [4.69, 9.17) is 11.6 Å². The van der Waals surface area contributed by atoms with Gasteiger partial charge < -0.3 is 14.9 Å². The Kier molecular flexibility index (Phi) is 4.41. The number of aliphatic hydroxyl groups excluding tert-OH is 1. The van der Waals surface area contributed by atoms with Crippen LogP contribution < -0.4 is 4.90 Å². The quantitative estimate of drug-likeness (QED) is 0.935. The number of hydrogen-bond donors (Lipinski definition) is 1. The number of anilines is 1. The van der Waals surface area contributed by atoms with Crippen molar-refractivity contribution in [1.82, 2.24) is 9.88 Å². The van der Waals surface area contributed by atoms with E-state index < -0.39 is 6.10 Å². The lowest BCUT2D eigenvalue weighted by Crippen LogP contribution is -2.28. The molecule has 1 aliphatic rings. The first-order chi connectivity index (χ1) is 11.0. The number of rotatable bonds is 3. The van der Waals surface area contributed by atoms with Gasteiger partial charge in [-0.2, -0.15) is 0 Å². The number of pyridine rings is 1. The molecule has 0 bridgehead atoms. The topological polar surface area (TPSA) is 56.7 Å². The third-order valence-electron chi connectivity index (χ3n) is 4.35. The third-order valence-corrected chi connectivity index (χ3v) is 4.58. The first-order valence-corrected chi connectivity index (χ1v) is 8.01. The summed E-state index contributed by atoms with van der Waals surface area (Å²) in [4.78, 5) is 20.0. The van der Waals surface area contributed by atoms with E-state index in [9.17, 15) is 9.90 Å². The molecule has 1 saturated heterocycles. The molecule has 1 aromatic heterocycles. The number of benzene rings is 1. The van der Waals surface area contributed by atoms with Gasteiger partial charge in [0.1, 0.15) is 5.82 Å².